The Hall–Kier alpha value is 3.34. The minimum absolute atomic E-state index is 0. The Kier molecular flexibility index (Phi) is 30.2. The molecule has 0 N–H and O–H groups in total. The first-order chi connectivity index (χ1) is 10.5. The van der Waals surface area contributed by atoms with Gasteiger partial charge in [0.05, 0.1) is 20.5 Å². The summed E-state index contributed by atoms with van der Waals surface area (Å²) in [6.45, 7) is 4.70. The number of hydrogen-bond acceptors (Lipinski definition) is 5. The second kappa shape index (κ2) is 22.6. The van der Waals surface area contributed by atoms with Crippen LogP contribution in [0.2, 0.25) is 0 Å². The van der Waals surface area contributed by atoms with Crippen molar-refractivity contribution in [2.75, 3.05) is 13.2 Å². The van der Waals surface area contributed by atoms with E-state index in [-0.39, 0.29) is 109 Å². The smallest absolute Gasteiger partial charge is 0.790 e. The van der Waals surface area contributed by atoms with E-state index in [1.54, 1.807) is 0 Å². The van der Waals surface area contributed by atoms with Gasteiger partial charge in [-0.2, -0.15) is 0 Å². The van der Waals surface area contributed by atoms with E-state index >= 15 is 0 Å². The van der Waals surface area contributed by atoms with Gasteiger partial charge in [0, 0.05) is 6.61 Å². The first-order valence-electron chi connectivity index (χ1n) is 8.77. The third-order valence-electron chi connectivity index (χ3n) is 3.67. The zero-order valence-corrected chi connectivity index (χ0v) is 23.4. The molecule has 0 aliphatic carbocycles. The van der Waals surface area contributed by atoms with Crippen LogP contribution in [0.4, 0.5) is 0 Å². The van der Waals surface area contributed by atoms with Gasteiger partial charge in [-0.1, -0.05) is 71.1 Å². The van der Waals surface area contributed by atoms with Crippen LogP contribution in [0.15, 0.2) is 0 Å². The van der Waals surface area contributed by atoms with Crippen molar-refractivity contribution >= 4 is 7.82 Å². The van der Waals surface area contributed by atoms with E-state index in [9.17, 15) is 14.4 Å². The van der Waals surface area contributed by atoms with Crippen LogP contribution >= 0.6 is 7.82 Å². The quantitative estimate of drug-likeness (QED) is 0.159. The van der Waals surface area contributed by atoms with Gasteiger partial charge in [-0.25, -0.2) is 0 Å². The average Bonchev–Trinajstić information content (AvgIpc) is 2.45. The van der Waals surface area contributed by atoms with Crippen molar-refractivity contribution in [3.8, 4) is 0 Å². The third kappa shape index (κ3) is 25.3. The predicted molar refractivity (Wildman–Crippen MR) is 85.4 cm³/mol. The maximum atomic E-state index is 10.7. The van der Waals surface area contributed by atoms with Gasteiger partial charge >= 0.3 is 103 Å². The summed E-state index contributed by atoms with van der Waals surface area (Å²) in [5, 5.41) is 0. The van der Waals surface area contributed by atoms with Gasteiger partial charge in [0.2, 0.25) is 0 Å². The summed E-state index contributed by atoms with van der Waals surface area (Å²) in [6.07, 6.45) is 12.1. The molecule has 0 aromatic rings. The molecule has 1 unspecified atom stereocenters. The van der Waals surface area contributed by atoms with Crippen molar-refractivity contribution < 1.29 is 126 Å². The first-order valence-corrected chi connectivity index (χ1v) is 10.2. The molecule has 0 saturated carbocycles. The van der Waals surface area contributed by atoms with Gasteiger partial charge in [-0.05, 0) is 13.3 Å². The summed E-state index contributed by atoms with van der Waals surface area (Å²) in [5.41, 5.74) is 0. The molecule has 0 fully saturated rings. The molecule has 134 valence electrons. The van der Waals surface area contributed by atoms with Crippen LogP contribution in [0.1, 0.15) is 84.5 Å². The molecule has 0 saturated heterocycles. The summed E-state index contributed by atoms with van der Waals surface area (Å²) in [5.74, 6) is 0. The van der Waals surface area contributed by atoms with Crippen molar-refractivity contribution in [1.82, 2.24) is 0 Å². The van der Waals surface area contributed by atoms with Crippen molar-refractivity contribution in [3.63, 3.8) is 0 Å². The Bertz CT molecular complexity index is 290. The molecule has 24 heavy (non-hydrogen) atoms. The zero-order valence-electron chi connectivity index (χ0n) is 16.3. The van der Waals surface area contributed by atoms with Crippen molar-refractivity contribution in [3.05, 3.63) is 0 Å². The van der Waals surface area contributed by atoms with E-state index in [0.717, 1.165) is 19.3 Å². The van der Waals surface area contributed by atoms with Gasteiger partial charge in [0.25, 0.3) is 0 Å². The summed E-state index contributed by atoms with van der Waals surface area (Å²) in [6, 6.07) is 0. The van der Waals surface area contributed by atoms with Gasteiger partial charge in [0.1, 0.15) is 0 Å². The summed E-state index contributed by atoms with van der Waals surface area (Å²) >= 11 is 0. The molecule has 0 rings (SSSR count). The zero-order chi connectivity index (χ0) is 16.7. The number of rotatable bonds is 16. The minimum Gasteiger partial charge on any atom is -0.790 e. The SMILES string of the molecule is CCCCCCCCCCCCC(COCC)OP(=O)([O-])[O-].[K+].[K+]. The Morgan fingerprint density at radius 3 is 1.71 bits per heavy atom. The fourth-order valence-electron chi connectivity index (χ4n) is 2.46. The van der Waals surface area contributed by atoms with E-state index in [1.165, 1.54) is 44.9 Å². The normalized spacial score (nSPS) is 12.3. The van der Waals surface area contributed by atoms with Crippen LogP contribution in [-0.4, -0.2) is 19.3 Å². The monoisotopic (exact) mass is 414 g/mol. The van der Waals surface area contributed by atoms with Crippen LogP contribution in [0.5, 0.6) is 0 Å². The van der Waals surface area contributed by atoms with Crippen molar-refractivity contribution in [2.45, 2.75) is 90.6 Å². The first kappa shape index (κ1) is 32.0. The molecule has 0 aromatic heterocycles. The Labute approximate surface area is 233 Å². The average molecular weight is 415 g/mol. The fraction of sp³-hybridized carbons (Fsp3) is 1.00. The molecule has 8 heteroatoms. The van der Waals surface area contributed by atoms with Gasteiger partial charge in [-0.15, -0.1) is 0 Å². The number of unbranched alkanes of at least 4 members (excludes halogenated alkanes) is 9. The molecular weight excluding hydrogens is 381 g/mol. The minimum atomic E-state index is -4.92. The maximum Gasteiger partial charge on any atom is 1.00 e. The fourth-order valence-corrected chi connectivity index (χ4v) is 2.99. The molecule has 0 heterocycles. The molecule has 1 atom stereocenters. The standard InChI is InChI=1S/C16H35O5P.2K/c1-3-5-6-7-8-9-10-11-12-13-14-16(15-20-4-2)21-22(17,18)19;;/h16H,3-15H2,1-2H3,(H2,17,18,19);;/q;2*+1/p-2. The Morgan fingerprint density at radius 1 is 0.833 bits per heavy atom. The van der Waals surface area contributed by atoms with E-state index in [0.29, 0.717) is 13.0 Å². The van der Waals surface area contributed by atoms with Crippen LogP contribution < -0.4 is 113 Å². The van der Waals surface area contributed by atoms with Gasteiger partial charge < -0.3 is 23.6 Å². The van der Waals surface area contributed by atoms with E-state index < -0.39 is 13.9 Å². The number of phosphoric acid groups is 1. The third-order valence-corrected chi connectivity index (χ3v) is 4.22. The summed E-state index contributed by atoms with van der Waals surface area (Å²) in [4.78, 5) is 21.4. The Balaban J connectivity index is -0.00000220. The molecule has 0 aliphatic rings. The van der Waals surface area contributed by atoms with Gasteiger partial charge in [-0.3, -0.25) is 0 Å². The molecule has 0 amide bonds. The van der Waals surface area contributed by atoms with E-state index in [1.807, 2.05) is 6.92 Å². The van der Waals surface area contributed by atoms with Crippen molar-refractivity contribution in [1.29, 1.82) is 0 Å². The second-order valence-electron chi connectivity index (χ2n) is 5.80. The largest absolute Gasteiger partial charge is 1.00 e. The second-order valence-corrected chi connectivity index (χ2v) is 6.91. The van der Waals surface area contributed by atoms with Gasteiger partial charge in [0.15, 0.2) is 0 Å². The maximum absolute atomic E-state index is 10.7. The molecule has 0 bridgehead atoms. The molecule has 0 aromatic carbocycles. The summed E-state index contributed by atoms with van der Waals surface area (Å²) in [7, 11) is -4.92. The van der Waals surface area contributed by atoms with E-state index in [4.69, 9.17) is 4.74 Å². The number of hydrogen-bond donors (Lipinski definition) is 0. The number of ether oxygens (including phenoxy) is 1. The van der Waals surface area contributed by atoms with Crippen LogP contribution in [-0.2, 0) is 13.8 Å². The molecule has 0 spiro atoms. The molecule has 5 nitrogen and oxygen atoms in total. The topological polar surface area (TPSA) is 81.7 Å². The van der Waals surface area contributed by atoms with E-state index in [2.05, 4.69) is 11.4 Å². The molecular formula is C16H33K2O5P. The molecule has 0 aliphatic heterocycles. The Morgan fingerprint density at radius 2 is 1.29 bits per heavy atom. The van der Waals surface area contributed by atoms with Crippen LogP contribution in [0.25, 0.3) is 0 Å². The van der Waals surface area contributed by atoms with Crippen LogP contribution in [0.3, 0.4) is 0 Å². The summed E-state index contributed by atoms with van der Waals surface area (Å²) < 4.78 is 20.4. The predicted octanol–water partition coefficient (Wildman–Crippen LogP) is -2.44. The number of phosphoric ester groups is 1. The van der Waals surface area contributed by atoms with Crippen molar-refractivity contribution in [2.24, 2.45) is 0 Å². The molecule has 0 radical (unpaired) electrons. The van der Waals surface area contributed by atoms with Crippen LogP contribution in [0, 0.1) is 0 Å².